The topological polar surface area (TPSA) is 90.4 Å². The second kappa shape index (κ2) is 4.21. The minimum absolute atomic E-state index is 0.0410. The standard InChI is InChI=1S/C8H11N3O3S/c9-6-1-2-11(7(13)10-6)8-14-5(3-12)4-15-8/h1-2,5,8,12H,3-4H2,(H2,9,10,13)/t5-,8-/m0/s1. The number of ether oxygens (including phenoxy) is 1. The quantitative estimate of drug-likeness (QED) is 0.704. The number of anilines is 1. The van der Waals surface area contributed by atoms with Gasteiger partial charge in [0.25, 0.3) is 0 Å². The van der Waals surface area contributed by atoms with Gasteiger partial charge >= 0.3 is 5.69 Å². The molecule has 1 aromatic heterocycles. The fourth-order valence-electron chi connectivity index (χ4n) is 1.26. The molecule has 0 aliphatic carbocycles. The van der Waals surface area contributed by atoms with Gasteiger partial charge in [-0.1, -0.05) is 0 Å². The van der Waals surface area contributed by atoms with Crippen LogP contribution < -0.4 is 11.4 Å². The summed E-state index contributed by atoms with van der Waals surface area (Å²) in [5.41, 5.74) is 4.51. The van der Waals surface area contributed by atoms with Gasteiger partial charge in [-0.15, -0.1) is 11.8 Å². The Labute approximate surface area is 90.1 Å². The van der Waals surface area contributed by atoms with Gasteiger partial charge in [0.05, 0.1) is 12.7 Å². The molecule has 0 spiro atoms. The maximum absolute atomic E-state index is 11.4. The van der Waals surface area contributed by atoms with Gasteiger partial charge in [0, 0.05) is 11.9 Å². The molecule has 1 aliphatic rings. The molecule has 2 atom stereocenters. The van der Waals surface area contributed by atoms with E-state index in [1.807, 2.05) is 0 Å². The molecule has 3 N–H and O–H groups in total. The molecule has 0 amide bonds. The fourth-order valence-corrected chi connectivity index (χ4v) is 2.38. The van der Waals surface area contributed by atoms with Crippen LogP contribution in [0.2, 0.25) is 0 Å². The molecule has 82 valence electrons. The number of hydrogen-bond donors (Lipinski definition) is 2. The molecule has 0 aromatic carbocycles. The van der Waals surface area contributed by atoms with Crippen LogP contribution in [-0.2, 0) is 4.74 Å². The van der Waals surface area contributed by atoms with Crippen LogP contribution in [-0.4, -0.2) is 33.1 Å². The molecule has 0 unspecified atom stereocenters. The minimum atomic E-state index is -0.439. The Kier molecular flexibility index (Phi) is 2.94. The average molecular weight is 229 g/mol. The van der Waals surface area contributed by atoms with E-state index >= 15 is 0 Å². The number of hydrogen-bond acceptors (Lipinski definition) is 6. The molecule has 1 aliphatic heterocycles. The number of aliphatic hydroxyl groups excluding tert-OH is 1. The summed E-state index contributed by atoms with van der Waals surface area (Å²) in [5.74, 6) is 0.857. The van der Waals surface area contributed by atoms with Crippen molar-refractivity contribution in [1.29, 1.82) is 0 Å². The van der Waals surface area contributed by atoms with Crippen molar-refractivity contribution in [3.8, 4) is 0 Å². The number of aromatic nitrogens is 2. The molecule has 7 heteroatoms. The summed E-state index contributed by atoms with van der Waals surface area (Å²) in [6, 6.07) is 1.54. The smallest absolute Gasteiger partial charge is 0.352 e. The Balaban J connectivity index is 2.20. The van der Waals surface area contributed by atoms with Crippen molar-refractivity contribution >= 4 is 17.6 Å². The number of nitrogens with zero attached hydrogens (tertiary/aromatic N) is 2. The van der Waals surface area contributed by atoms with Crippen LogP contribution in [0, 0.1) is 0 Å². The number of thioether (sulfide) groups is 1. The summed E-state index contributed by atoms with van der Waals surface area (Å²) >= 11 is 1.45. The van der Waals surface area contributed by atoms with Crippen LogP contribution in [0.15, 0.2) is 17.1 Å². The van der Waals surface area contributed by atoms with Gasteiger partial charge in [0.15, 0.2) is 5.56 Å². The van der Waals surface area contributed by atoms with Crippen LogP contribution in [0.4, 0.5) is 5.82 Å². The van der Waals surface area contributed by atoms with E-state index < -0.39 is 11.2 Å². The first-order valence-electron chi connectivity index (χ1n) is 4.43. The average Bonchev–Trinajstić information content (AvgIpc) is 2.66. The van der Waals surface area contributed by atoms with E-state index in [4.69, 9.17) is 15.6 Å². The van der Waals surface area contributed by atoms with E-state index in [9.17, 15) is 4.79 Å². The van der Waals surface area contributed by atoms with E-state index in [1.165, 1.54) is 22.4 Å². The third-order valence-electron chi connectivity index (χ3n) is 2.02. The lowest BCUT2D eigenvalue weighted by Gasteiger charge is -2.12. The molecule has 0 saturated carbocycles. The monoisotopic (exact) mass is 229 g/mol. The Morgan fingerprint density at radius 3 is 3.20 bits per heavy atom. The van der Waals surface area contributed by atoms with E-state index in [0.717, 1.165) is 0 Å². The molecule has 1 aromatic rings. The van der Waals surface area contributed by atoms with Crippen molar-refractivity contribution < 1.29 is 9.84 Å². The minimum Gasteiger partial charge on any atom is -0.394 e. The Hall–Kier alpha value is -1.05. The van der Waals surface area contributed by atoms with Gasteiger partial charge in [-0.2, -0.15) is 4.98 Å². The first kappa shape index (κ1) is 10.5. The van der Waals surface area contributed by atoms with Crippen molar-refractivity contribution in [1.82, 2.24) is 9.55 Å². The second-order valence-corrected chi connectivity index (χ2v) is 4.19. The van der Waals surface area contributed by atoms with Crippen LogP contribution >= 0.6 is 11.8 Å². The highest BCUT2D eigenvalue weighted by molar-refractivity contribution is 7.99. The zero-order valence-corrected chi connectivity index (χ0v) is 8.68. The largest absolute Gasteiger partial charge is 0.394 e. The number of nitrogen functional groups attached to an aromatic ring is 1. The van der Waals surface area contributed by atoms with E-state index in [1.54, 1.807) is 6.20 Å². The SMILES string of the molecule is Nc1ccn([C@H]2O[C@@H](CO)CS2)c(=O)n1. The third-order valence-corrected chi connectivity index (χ3v) is 3.20. The van der Waals surface area contributed by atoms with Gasteiger partial charge in [0.1, 0.15) is 5.82 Å². The lowest BCUT2D eigenvalue weighted by Crippen LogP contribution is -2.27. The van der Waals surface area contributed by atoms with Crippen molar-refractivity contribution in [2.24, 2.45) is 0 Å². The second-order valence-electron chi connectivity index (χ2n) is 3.12. The first-order valence-corrected chi connectivity index (χ1v) is 5.48. The first-order chi connectivity index (χ1) is 7.20. The van der Waals surface area contributed by atoms with Crippen LogP contribution in [0.5, 0.6) is 0 Å². The van der Waals surface area contributed by atoms with Crippen LogP contribution in [0.1, 0.15) is 5.56 Å². The third kappa shape index (κ3) is 2.14. The fraction of sp³-hybridized carbons (Fsp3) is 0.500. The summed E-state index contributed by atoms with van der Waals surface area (Å²) < 4.78 is 6.77. The Morgan fingerprint density at radius 1 is 1.80 bits per heavy atom. The maximum Gasteiger partial charge on any atom is 0.352 e. The Morgan fingerprint density at radius 2 is 2.60 bits per heavy atom. The summed E-state index contributed by atoms with van der Waals surface area (Å²) in [7, 11) is 0. The number of aliphatic hydroxyl groups is 1. The summed E-state index contributed by atoms with van der Waals surface area (Å²) in [6.45, 7) is -0.0410. The summed E-state index contributed by atoms with van der Waals surface area (Å²) in [6.07, 6.45) is 1.33. The lowest BCUT2D eigenvalue weighted by molar-refractivity contribution is -0.00312. The molecule has 1 fully saturated rings. The van der Waals surface area contributed by atoms with Crippen molar-refractivity contribution in [2.75, 3.05) is 18.1 Å². The molecule has 0 radical (unpaired) electrons. The van der Waals surface area contributed by atoms with E-state index in [-0.39, 0.29) is 18.5 Å². The van der Waals surface area contributed by atoms with E-state index in [0.29, 0.717) is 5.75 Å². The molecule has 1 saturated heterocycles. The molecule has 6 nitrogen and oxygen atoms in total. The van der Waals surface area contributed by atoms with Gasteiger partial charge in [0.2, 0.25) is 0 Å². The normalized spacial score (nSPS) is 25.7. The van der Waals surface area contributed by atoms with E-state index in [2.05, 4.69) is 4.98 Å². The predicted octanol–water partition coefficient (Wildman–Crippen LogP) is -0.594. The van der Waals surface area contributed by atoms with Crippen LogP contribution in [0.3, 0.4) is 0 Å². The van der Waals surface area contributed by atoms with Gasteiger partial charge in [-0.3, -0.25) is 4.57 Å². The van der Waals surface area contributed by atoms with Gasteiger partial charge in [-0.05, 0) is 6.07 Å². The lowest BCUT2D eigenvalue weighted by atomic mass is 10.4. The van der Waals surface area contributed by atoms with Crippen LogP contribution in [0.25, 0.3) is 0 Å². The number of rotatable bonds is 2. The van der Waals surface area contributed by atoms with Crippen molar-refractivity contribution in [3.63, 3.8) is 0 Å². The zero-order valence-electron chi connectivity index (χ0n) is 7.87. The molecular weight excluding hydrogens is 218 g/mol. The highest BCUT2D eigenvalue weighted by Gasteiger charge is 2.27. The molecule has 2 rings (SSSR count). The maximum atomic E-state index is 11.4. The highest BCUT2D eigenvalue weighted by Crippen LogP contribution is 2.32. The number of nitrogens with two attached hydrogens (primary N) is 1. The molecule has 2 heterocycles. The van der Waals surface area contributed by atoms with Crippen molar-refractivity contribution in [3.05, 3.63) is 22.7 Å². The summed E-state index contributed by atoms with van der Waals surface area (Å²) in [4.78, 5) is 15.0. The summed E-state index contributed by atoms with van der Waals surface area (Å²) in [5, 5.41) is 8.88. The van der Waals surface area contributed by atoms with Crippen molar-refractivity contribution in [2.45, 2.75) is 11.7 Å². The zero-order chi connectivity index (χ0) is 10.8. The molecular formula is C8H11N3O3S. The molecule has 0 bridgehead atoms. The van der Waals surface area contributed by atoms with Gasteiger partial charge < -0.3 is 15.6 Å². The molecule has 15 heavy (non-hydrogen) atoms. The predicted molar refractivity (Wildman–Crippen MR) is 56.4 cm³/mol. The highest BCUT2D eigenvalue weighted by atomic mass is 32.2. The Bertz CT molecular complexity index is 408. The van der Waals surface area contributed by atoms with Gasteiger partial charge in [-0.25, -0.2) is 4.79 Å².